The molecule has 0 saturated carbocycles. The Labute approximate surface area is 341 Å². The fourth-order valence-corrected chi connectivity index (χ4v) is 7.21. The third kappa shape index (κ3) is 41.8. The van der Waals surface area contributed by atoms with E-state index in [4.69, 9.17) is 4.74 Å². The molecule has 0 rings (SSSR count). The Morgan fingerprint density at radius 1 is 0.491 bits per heavy atom. The lowest BCUT2D eigenvalue weighted by atomic mass is 10.0. The van der Waals surface area contributed by atoms with Crippen molar-refractivity contribution in [3.63, 3.8) is 0 Å². The fourth-order valence-electron chi connectivity index (χ4n) is 7.21. The van der Waals surface area contributed by atoms with Crippen LogP contribution in [0.5, 0.6) is 0 Å². The van der Waals surface area contributed by atoms with E-state index in [0.29, 0.717) is 19.4 Å². The first-order valence-electron chi connectivity index (χ1n) is 24.1. The Balaban J connectivity index is 3.48. The topological polar surface area (TPSA) is 95.9 Å². The Bertz CT molecular complexity index is 858. The van der Waals surface area contributed by atoms with Crippen LogP contribution in [-0.2, 0) is 14.3 Å². The summed E-state index contributed by atoms with van der Waals surface area (Å²) in [5, 5.41) is 22.9. The molecule has 6 nitrogen and oxygen atoms in total. The number of ether oxygens (including phenoxy) is 1. The molecule has 2 unspecified atom stereocenters. The van der Waals surface area contributed by atoms with Gasteiger partial charge in [-0.3, -0.25) is 9.59 Å². The number of aliphatic hydroxyl groups is 2. The number of esters is 1. The van der Waals surface area contributed by atoms with E-state index in [-0.39, 0.29) is 18.5 Å². The van der Waals surface area contributed by atoms with Crippen LogP contribution in [0.1, 0.15) is 251 Å². The van der Waals surface area contributed by atoms with Crippen LogP contribution < -0.4 is 5.32 Å². The zero-order chi connectivity index (χ0) is 40.1. The van der Waals surface area contributed by atoms with Gasteiger partial charge in [-0.25, -0.2) is 0 Å². The van der Waals surface area contributed by atoms with E-state index in [9.17, 15) is 19.8 Å². The highest BCUT2D eigenvalue weighted by Gasteiger charge is 2.18. The fraction of sp³-hybridized carbons (Fsp3) is 0.878. The molecule has 0 aliphatic heterocycles. The number of carbonyl (C=O) groups excluding carboxylic acids is 2. The van der Waals surface area contributed by atoms with E-state index >= 15 is 0 Å². The summed E-state index contributed by atoms with van der Waals surface area (Å²) in [5.74, 6) is -0.0992. The summed E-state index contributed by atoms with van der Waals surface area (Å²) >= 11 is 0. The molecule has 0 heterocycles. The van der Waals surface area contributed by atoms with Crippen LogP contribution in [0.3, 0.4) is 0 Å². The van der Waals surface area contributed by atoms with Crippen molar-refractivity contribution in [2.45, 2.75) is 264 Å². The number of aliphatic hydroxyl groups excluding tert-OH is 2. The lowest BCUT2D eigenvalue weighted by Crippen LogP contribution is -2.45. The van der Waals surface area contributed by atoms with Gasteiger partial charge >= 0.3 is 5.97 Å². The van der Waals surface area contributed by atoms with Crippen molar-refractivity contribution in [3.8, 4) is 0 Å². The summed E-state index contributed by atoms with van der Waals surface area (Å²) in [6, 6.07) is -0.636. The average Bonchev–Trinajstić information content (AvgIpc) is 3.18. The second kappa shape index (κ2) is 45.0. The normalized spacial score (nSPS) is 12.9. The number of unbranched alkanes of at least 4 members (excludes halogenated alkanes) is 31. The molecule has 324 valence electrons. The van der Waals surface area contributed by atoms with Crippen molar-refractivity contribution in [2.75, 3.05) is 13.2 Å². The van der Waals surface area contributed by atoms with Crippen LogP contribution in [0, 0.1) is 0 Å². The second-order valence-corrected chi connectivity index (χ2v) is 16.4. The van der Waals surface area contributed by atoms with E-state index in [1.165, 1.54) is 167 Å². The largest absolute Gasteiger partial charge is 0.466 e. The Hall–Kier alpha value is -1.66. The summed E-state index contributed by atoms with van der Waals surface area (Å²) in [6.45, 7) is 4.84. The van der Waals surface area contributed by atoms with E-state index < -0.39 is 12.1 Å². The summed E-state index contributed by atoms with van der Waals surface area (Å²) in [7, 11) is 0. The van der Waals surface area contributed by atoms with Crippen molar-refractivity contribution in [1.82, 2.24) is 5.32 Å². The zero-order valence-electron chi connectivity index (χ0n) is 36.7. The number of amides is 1. The molecule has 0 aliphatic carbocycles. The van der Waals surface area contributed by atoms with Crippen LogP contribution in [0.25, 0.3) is 0 Å². The molecule has 0 radical (unpaired) electrons. The molecule has 0 aromatic carbocycles. The number of hydrogen-bond donors (Lipinski definition) is 3. The summed E-state index contributed by atoms with van der Waals surface area (Å²) in [4.78, 5) is 24.4. The Morgan fingerprint density at radius 2 is 0.855 bits per heavy atom. The standard InChI is InChI=1S/C49H93NO5/c1-3-5-7-9-11-13-15-16-19-23-27-31-35-39-43-49(54)55-44-40-36-32-28-24-20-17-18-22-26-30-34-38-42-48(53)50-46(45-51)47(52)41-37-33-29-25-21-14-12-10-8-6-4-2/h15-16,37,41,46-47,51-52H,3-14,17-36,38-40,42-45H2,1-2H3,(H,50,53)/b16-15-,41-37+. The minimum atomic E-state index is -0.851. The van der Waals surface area contributed by atoms with Gasteiger partial charge in [-0.15, -0.1) is 0 Å². The molecule has 6 heteroatoms. The predicted molar refractivity (Wildman–Crippen MR) is 236 cm³/mol. The molecule has 3 N–H and O–H groups in total. The van der Waals surface area contributed by atoms with Crippen molar-refractivity contribution < 1.29 is 24.5 Å². The first kappa shape index (κ1) is 53.3. The molecule has 1 amide bonds. The number of carbonyl (C=O) groups is 2. The summed E-state index contributed by atoms with van der Waals surface area (Å²) in [5.41, 5.74) is 0. The molecule has 0 aromatic heterocycles. The molecule has 0 saturated heterocycles. The van der Waals surface area contributed by atoms with Gasteiger partial charge in [-0.1, -0.05) is 205 Å². The van der Waals surface area contributed by atoms with Gasteiger partial charge in [0.1, 0.15) is 0 Å². The number of nitrogens with one attached hydrogen (secondary N) is 1. The quantitative estimate of drug-likeness (QED) is 0.0325. The van der Waals surface area contributed by atoms with Crippen LogP contribution in [0.4, 0.5) is 0 Å². The predicted octanol–water partition coefficient (Wildman–Crippen LogP) is 14.0. The molecule has 0 aromatic rings. The van der Waals surface area contributed by atoms with E-state index in [0.717, 1.165) is 57.8 Å². The van der Waals surface area contributed by atoms with Gasteiger partial charge in [0.05, 0.1) is 25.4 Å². The number of rotatable bonds is 44. The molecular formula is C49H93NO5. The Kier molecular flexibility index (Phi) is 43.7. The van der Waals surface area contributed by atoms with Gasteiger partial charge in [0.2, 0.25) is 5.91 Å². The molecule has 0 fully saturated rings. The minimum Gasteiger partial charge on any atom is -0.466 e. The number of allylic oxidation sites excluding steroid dienone is 3. The molecule has 0 spiro atoms. The van der Waals surface area contributed by atoms with Gasteiger partial charge in [0.25, 0.3) is 0 Å². The molecular weight excluding hydrogens is 683 g/mol. The van der Waals surface area contributed by atoms with Crippen LogP contribution in [0.15, 0.2) is 24.3 Å². The second-order valence-electron chi connectivity index (χ2n) is 16.4. The van der Waals surface area contributed by atoms with Gasteiger partial charge in [-0.05, 0) is 57.8 Å². The first-order valence-corrected chi connectivity index (χ1v) is 24.1. The van der Waals surface area contributed by atoms with Gasteiger partial charge in [-0.2, -0.15) is 0 Å². The van der Waals surface area contributed by atoms with E-state index in [1.54, 1.807) is 6.08 Å². The maximum absolute atomic E-state index is 12.4. The molecule has 55 heavy (non-hydrogen) atoms. The number of hydrogen-bond acceptors (Lipinski definition) is 5. The van der Waals surface area contributed by atoms with Gasteiger partial charge < -0.3 is 20.3 Å². The minimum absolute atomic E-state index is 0.0161. The lowest BCUT2D eigenvalue weighted by Gasteiger charge is -2.20. The highest BCUT2D eigenvalue weighted by Crippen LogP contribution is 2.15. The third-order valence-electron chi connectivity index (χ3n) is 11.0. The Morgan fingerprint density at radius 3 is 1.29 bits per heavy atom. The van der Waals surface area contributed by atoms with Crippen LogP contribution >= 0.6 is 0 Å². The SMILES string of the molecule is CCCCCCC/C=C\CCCCCCCC(=O)OCCCCCCCCCCCCCCCC(=O)NC(CO)C(O)/C=C/CCCCCCCCCCC. The van der Waals surface area contributed by atoms with Gasteiger partial charge in [0.15, 0.2) is 0 Å². The van der Waals surface area contributed by atoms with E-state index in [1.807, 2.05) is 6.08 Å². The third-order valence-corrected chi connectivity index (χ3v) is 11.0. The first-order chi connectivity index (χ1) is 27.0. The van der Waals surface area contributed by atoms with Crippen molar-refractivity contribution >= 4 is 11.9 Å². The zero-order valence-corrected chi connectivity index (χ0v) is 36.7. The van der Waals surface area contributed by atoms with Crippen LogP contribution in [-0.4, -0.2) is 47.4 Å². The average molecular weight is 776 g/mol. The smallest absolute Gasteiger partial charge is 0.305 e. The lowest BCUT2D eigenvalue weighted by molar-refractivity contribution is -0.143. The molecule has 2 atom stereocenters. The maximum atomic E-state index is 12.4. The van der Waals surface area contributed by atoms with Crippen molar-refractivity contribution in [2.24, 2.45) is 0 Å². The molecule has 0 bridgehead atoms. The monoisotopic (exact) mass is 776 g/mol. The molecule has 0 aliphatic rings. The van der Waals surface area contributed by atoms with Crippen LogP contribution in [0.2, 0.25) is 0 Å². The summed E-state index contributed by atoms with van der Waals surface area (Å²) in [6.07, 6.45) is 51.6. The van der Waals surface area contributed by atoms with Gasteiger partial charge in [0, 0.05) is 12.8 Å². The maximum Gasteiger partial charge on any atom is 0.305 e. The van der Waals surface area contributed by atoms with Crippen molar-refractivity contribution in [3.05, 3.63) is 24.3 Å². The van der Waals surface area contributed by atoms with Crippen molar-refractivity contribution in [1.29, 1.82) is 0 Å². The summed E-state index contributed by atoms with van der Waals surface area (Å²) < 4.78 is 5.45. The highest BCUT2D eigenvalue weighted by molar-refractivity contribution is 5.76. The van der Waals surface area contributed by atoms with E-state index in [2.05, 4.69) is 31.3 Å². The highest BCUT2D eigenvalue weighted by atomic mass is 16.5.